The summed E-state index contributed by atoms with van der Waals surface area (Å²) in [6.07, 6.45) is 0. The van der Waals surface area contributed by atoms with E-state index in [1.165, 1.54) is 0 Å². The SMILES string of the molecule is O=P([O-])([O-])[O-].[Cl-].[La+3].[La+3]. The van der Waals surface area contributed by atoms with Crippen LogP contribution < -0.4 is 27.1 Å². The second kappa shape index (κ2) is 9.79. The fraction of sp³-hybridized carbons (Fsp3) is 0. The molecule has 8 heteroatoms. The van der Waals surface area contributed by atoms with Crippen molar-refractivity contribution in [1.82, 2.24) is 0 Å². The molecule has 0 rings (SSSR count). The summed E-state index contributed by atoms with van der Waals surface area (Å²) in [6, 6.07) is 0. The Morgan fingerprint density at radius 2 is 1.00 bits per heavy atom. The summed E-state index contributed by atoms with van der Waals surface area (Å²) in [5, 5.41) is 0. The molecule has 0 aliphatic carbocycles. The number of rotatable bonds is 0. The van der Waals surface area contributed by atoms with Gasteiger partial charge in [0.15, 0.2) is 0 Å². The normalized spacial score (nSPS) is 7.38. The quantitative estimate of drug-likeness (QED) is 0.374. The third-order valence-electron chi connectivity index (χ3n) is 0. The Morgan fingerprint density at radius 3 is 1.00 bits per heavy atom. The zero-order valence-electron chi connectivity index (χ0n) is 3.61. The van der Waals surface area contributed by atoms with Gasteiger partial charge in [-0.3, -0.25) is 0 Å². The van der Waals surface area contributed by atoms with Crippen molar-refractivity contribution in [2.75, 3.05) is 0 Å². The van der Waals surface area contributed by atoms with Crippen LogP contribution in [0.15, 0.2) is 0 Å². The molecular formula is ClLa2O4P+2. The van der Waals surface area contributed by atoms with Crippen molar-refractivity contribution < 1.29 is 103 Å². The fourth-order valence-corrected chi connectivity index (χ4v) is 0. The molecule has 0 aromatic carbocycles. The van der Waals surface area contributed by atoms with E-state index in [-0.39, 0.29) is 83.6 Å². The molecule has 0 radical (unpaired) electrons. The minimum atomic E-state index is -5.39. The number of hydrogen-bond acceptors (Lipinski definition) is 4. The molecule has 0 spiro atoms. The molecule has 0 aromatic rings. The standard InChI is InChI=1S/ClH.2La.H3O4P/c;;;1-5(2,3)4/h1H;;;(H3,1,2,3,4)/q;2*+3;/p-4. The first-order valence-electron chi connectivity index (χ1n) is 0.730. The number of halogens is 1. The van der Waals surface area contributed by atoms with Crippen molar-refractivity contribution in [3.05, 3.63) is 0 Å². The van der Waals surface area contributed by atoms with E-state index in [1.54, 1.807) is 0 Å². The maximum absolute atomic E-state index is 8.55. The molecule has 4 nitrogen and oxygen atoms in total. The Bertz CT molecular complexity index is 60.2. The molecule has 0 unspecified atom stereocenters. The third kappa shape index (κ3) is 68.5. The summed E-state index contributed by atoms with van der Waals surface area (Å²) < 4.78 is 8.55. The van der Waals surface area contributed by atoms with E-state index in [9.17, 15) is 0 Å². The molecule has 0 saturated carbocycles. The third-order valence-corrected chi connectivity index (χ3v) is 0. The summed E-state index contributed by atoms with van der Waals surface area (Å²) in [5.74, 6) is 0. The Labute approximate surface area is 109 Å². The van der Waals surface area contributed by atoms with Crippen LogP contribution in [0.1, 0.15) is 0 Å². The van der Waals surface area contributed by atoms with Crippen LogP contribution in [0.4, 0.5) is 0 Å². The smallest absolute Gasteiger partial charge is 1.00 e. The maximum atomic E-state index is 8.55. The van der Waals surface area contributed by atoms with Gasteiger partial charge >= 0.3 is 71.2 Å². The van der Waals surface area contributed by atoms with Crippen LogP contribution in [0.3, 0.4) is 0 Å². The predicted octanol–water partition coefficient (Wildman–Crippen LogP) is -5.82. The van der Waals surface area contributed by atoms with E-state index in [2.05, 4.69) is 0 Å². The summed E-state index contributed by atoms with van der Waals surface area (Å²) in [7, 11) is -5.39. The van der Waals surface area contributed by atoms with Crippen LogP contribution in [-0.4, -0.2) is 0 Å². The minimum Gasteiger partial charge on any atom is -1.00 e. The van der Waals surface area contributed by atoms with Gasteiger partial charge < -0.3 is 31.7 Å². The van der Waals surface area contributed by atoms with Crippen LogP contribution in [-0.2, 0) is 4.57 Å². The first-order chi connectivity index (χ1) is 2.00. The van der Waals surface area contributed by atoms with Gasteiger partial charge in [0.1, 0.15) is 0 Å². The van der Waals surface area contributed by atoms with E-state index >= 15 is 0 Å². The summed E-state index contributed by atoms with van der Waals surface area (Å²) in [6.45, 7) is 0. The van der Waals surface area contributed by atoms with Crippen molar-refractivity contribution in [2.45, 2.75) is 0 Å². The van der Waals surface area contributed by atoms with Crippen LogP contribution in [0, 0.1) is 71.2 Å². The molecule has 0 atom stereocenters. The molecule has 0 aliphatic rings. The first kappa shape index (κ1) is 22.4. The van der Waals surface area contributed by atoms with E-state index in [0.29, 0.717) is 0 Å². The van der Waals surface area contributed by atoms with Gasteiger partial charge in [0.25, 0.3) is 0 Å². The van der Waals surface area contributed by atoms with E-state index in [0.717, 1.165) is 0 Å². The van der Waals surface area contributed by atoms with Gasteiger partial charge in [-0.05, 0) is 0 Å². The van der Waals surface area contributed by atoms with Gasteiger partial charge in [-0.25, -0.2) is 0 Å². The van der Waals surface area contributed by atoms with Crippen molar-refractivity contribution in [3.63, 3.8) is 0 Å². The zero-order valence-corrected chi connectivity index (χ0v) is 12.5. The summed E-state index contributed by atoms with van der Waals surface area (Å²) >= 11 is 0. The van der Waals surface area contributed by atoms with Gasteiger partial charge in [0, 0.05) is 0 Å². The molecule has 0 fully saturated rings. The average molecular weight is 408 g/mol. The number of hydrogen-bond donors (Lipinski definition) is 0. The second-order valence-corrected chi connectivity index (χ2v) is 1.34. The largest absolute Gasteiger partial charge is 3.00 e. The summed E-state index contributed by atoms with van der Waals surface area (Å²) in [5.41, 5.74) is 0. The molecular weight excluding hydrogens is 408 g/mol. The van der Waals surface area contributed by atoms with E-state index in [1.807, 2.05) is 0 Å². The average Bonchev–Trinajstić information content (AvgIpc) is 0.722. The van der Waals surface area contributed by atoms with Gasteiger partial charge in [0.2, 0.25) is 0 Å². The molecule has 0 heterocycles. The van der Waals surface area contributed by atoms with Crippen molar-refractivity contribution in [2.24, 2.45) is 0 Å². The Morgan fingerprint density at radius 1 is 1.00 bits per heavy atom. The fourth-order valence-electron chi connectivity index (χ4n) is 0. The van der Waals surface area contributed by atoms with Crippen LogP contribution in [0.2, 0.25) is 0 Å². The Kier molecular flexibility index (Phi) is 27.4. The molecule has 40 valence electrons. The number of phosphoric acid groups is 1. The molecule has 0 N–H and O–H groups in total. The second-order valence-electron chi connectivity index (χ2n) is 0.447. The van der Waals surface area contributed by atoms with Gasteiger partial charge in [-0.15, -0.1) is 0 Å². The van der Waals surface area contributed by atoms with Gasteiger partial charge in [-0.2, -0.15) is 7.82 Å². The summed E-state index contributed by atoms with van der Waals surface area (Å²) in [4.78, 5) is 25.6. The van der Waals surface area contributed by atoms with Crippen LogP contribution >= 0.6 is 7.82 Å². The monoisotopic (exact) mass is 408 g/mol. The molecule has 8 heavy (non-hydrogen) atoms. The van der Waals surface area contributed by atoms with Crippen molar-refractivity contribution in [1.29, 1.82) is 0 Å². The molecule has 0 saturated heterocycles. The molecule has 0 aliphatic heterocycles. The van der Waals surface area contributed by atoms with Crippen molar-refractivity contribution in [3.8, 4) is 0 Å². The molecule has 0 aromatic heterocycles. The molecule has 0 amide bonds. The Hall–Kier alpha value is 2.79. The molecule has 0 bridgehead atoms. The van der Waals surface area contributed by atoms with Crippen molar-refractivity contribution >= 4 is 7.82 Å². The first-order valence-corrected chi connectivity index (χ1v) is 2.19. The van der Waals surface area contributed by atoms with Crippen LogP contribution in [0.25, 0.3) is 0 Å². The maximum Gasteiger partial charge on any atom is 3.00 e. The van der Waals surface area contributed by atoms with E-state index in [4.69, 9.17) is 19.2 Å². The Balaban J connectivity index is -0.0000000267. The predicted molar refractivity (Wildman–Crippen MR) is 7.61 cm³/mol. The zero-order chi connectivity index (χ0) is 4.50. The topological polar surface area (TPSA) is 86.2 Å². The van der Waals surface area contributed by atoms with Crippen LogP contribution in [0.5, 0.6) is 0 Å². The van der Waals surface area contributed by atoms with Gasteiger partial charge in [-0.1, -0.05) is 0 Å². The van der Waals surface area contributed by atoms with E-state index < -0.39 is 7.82 Å². The minimum absolute atomic E-state index is 0. The van der Waals surface area contributed by atoms with Gasteiger partial charge in [0.05, 0.1) is 0 Å².